The number of aromatic nitrogens is 6. The molecule has 1 atom stereocenters. The van der Waals surface area contributed by atoms with Gasteiger partial charge in [-0.2, -0.15) is 5.10 Å². The van der Waals surface area contributed by atoms with Crippen LogP contribution in [0, 0.1) is 24.6 Å². The van der Waals surface area contributed by atoms with Gasteiger partial charge in [0.15, 0.2) is 17.3 Å². The van der Waals surface area contributed by atoms with E-state index in [-0.39, 0.29) is 36.7 Å². The Morgan fingerprint density at radius 1 is 1.12 bits per heavy atom. The number of piperazine rings is 1. The van der Waals surface area contributed by atoms with Crippen molar-refractivity contribution in [1.29, 1.82) is 0 Å². The van der Waals surface area contributed by atoms with Gasteiger partial charge < -0.3 is 19.9 Å². The van der Waals surface area contributed by atoms with Crippen molar-refractivity contribution < 1.29 is 22.7 Å². The maximum absolute atomic E-state index is 15.5. The summed E-state index contributed by atoms with van der Waals surface area (Å²) in [6.07, 6.45) is 1.66. The summed E-state index contributed by atoms with van der Waals surface area (Å²) >= 11 is 0. The number of fused-ring (bicyclic) bond motifs is 2. The van der Waals surface area contributed by atoms with E-state index >= 15 is 4.39 Å². The van der Waals surface area contributed by atoms with E-state index in [9.17, 15) is 13.6 Å². The van der Waals surface area contributed by atoms with Crippen molar-refractivity contribution in [3.8, 4) is 23.3 Å². The van der Waals surface area contributed by atoms with Gasteiger partial charge in [0.2, 0.25) is 0 Å². The van der Waals surface area contributed by atoms with Crippen molar-refractivity contribution in [3.05, 3.63) is 66.6 Å². The number of pyridine rings is 2. The van der Waals surface area contributed by atoms with Crippen molar-refractivity contribution in [2.45, 2.75) is 26.3 Å². The number of benzene rings is 1. The van der Waals surface area contributed by atoms with Gasteiger partial charge in [0, 0.05) is 37.5 Å². The molecular weight excluding hydrogens is 563 g/mol. The number of hydrogen-bond acceptors (Lipinski definition) is 9. The van der Waals surface area contributed by atoms with Crippen molar-refractivity contribution in [2.24, 2.45) is 0 Å². The topological polar surface area (TPSA) is 114 Å². The molecule has 1 N–H and O–H groups in total. The number of ether oxygens (including phenoxy) is 1. The number of anilines is 3. The van der Waals surface area contributed by atoms with Gasteiger partial charge in [-0.1, -0.05) is 5.92 Å². The van der Waals surface area contributed by atoms with E-state index in [2.05, 4.69) is 42.2 Å². The molecule has 1 fully saturated rings. The minimum Gasteiger partial charge on any atom is -0.457 e. The molecular formula is C29H24F3N9O2. The molecule has 1 aliphatic rings. The Bertz CT molecular complexity index is 1900. The minimum absolute atomic E-state index is 0.0599. The lowest BCUT2D eigenvalue weighted by atomic mass is 10.1. The molecule has 1 aliphatic heterocycles. The first-order chi connectivity index (χ1) is 20.8. The van der Waals surface area contributed by atoms with Crippen LogP contribution in [-0.4, -0.2) is 72.5 Å². The van der Waals surface area contributed by atoms with Crippen molar-refractivity contribution >= 4 is 39.9 Å². The van der Waals surface area contributed by atoms with Gasteiger partial charge in [-0.25, -0.2) is 37.6 Å². The molecule has 6 rings (SSSR count). The van der Waals surface area contributed by atoms with E-state index < -0.39 is 24.2 Å². The largest absolute Gasteiger partial charge is 0.457 e. The van der Waals surface area contributed by atoms with Gasteiger partial charge in [0.05, 0.1) is 11.2 Å². The lowest BCUT2D eigenvalue weighted by molar-refractivity contribution is -0.131. The number of nitrogens with one attached hydrogen (secondary N) is 1. The van der Waals surface area contributed by atoms with Crippen molar-refractivity contribution in [2.75, 3.05) is 29.9 Å². The summed E-state index contributed by atoms with van der Waals surface area (Å²) < 4.78 is 50.9. The summed E-state index contributed by atoms with van der Waals surface area (Å²) in [4.78, 5) is 32.3. The summed E-state index contributed by atoms with van der Waals surface area (Å²) in [6.45, 7) is 3.27. The van der Waals surface area contributed by atoms with Crippen LogP contribution in [0.25, 0.3) is 16.7 Å². The quantitative estimate of drug-likeness (QED) is 0.290. The highest BCUT2D eigenvalue weighted by Gasteiger charge is 2.36. The Morgan fingerprint density at radius 3 is 2.79 bits per heavy atom. The van der Waals surface area contributed by atoms with Crippen LogP contribution in [-0.2, 0) is 4.79 Å². The van der Waals surface area contributed by atoms with Crippen LogP contribution in [0.3, 0.4) is 0 Å². The predicted molar refractivity (Wildman–Crippen MR) is 152 cm³/mol. The second-order valence-electron chi connectivity index (χ2n) is 9.68. The Morgan fingerprint density at radius 2 is 1.98 bits per heavy atom. The maximum Gasteiger partial charge on any atom is 0.299 e. The summed E-state index contributed by atoms with van der Waals surface area (Å²) in [5.41, 5.74) is 1.77. The third-order valence-electron chi connectivity index (χ3n) is 7.06. The molecule has 0 radical (unpaired) electrons. The molecule has 0 saturated carbocycles. The highest BCUT2D eigenvalue weighted by atomic mass is 19.3. The molecule has 218 valence electrons. The van der Waals surface area contributed by atoms with Gasteiger partial charge in [-0.15, -0.1) is 0 Å². The Kier molecular flexibility index (Phi) is 7.37. The summed E-state index contributed by atoms with van der Waals surface area (Å²) in [7, 11) is 0. The number of nitrogens with zero attached hydrogens (tertiary/aromatic N) is 8. The number of halogens is 3. The number of amides is 1. The van der Waals surface area contributed by atoms with E-state index in [4.69, 9.17) is 4.74 Å². The van der Waals surface area contributed by atoms with E-state index in [0.717, 1.165) is 4.90 Å². The van der Waals surface area contributed by atoms with Crippen LogP contribution in [0.2, 0.25) is 0 Å². The fourth-order valence-corrected chi connectivity index (χ4v) is 4.85. The monoisotopic (exact) mass is 587 g/mol. The molecule has 14 heteroatoms. The van der Waals surface area contributed by atoms with Crippen LogP contribution in [0.5, 0.6) is 11.5 Å². The Hall–Kier alpha value is -5.45. The second kappa shape index (κ2) is 11.4. The molecule has 11 nitrogen and oxygen atoms in total. The fourth-order valence-electron chi connectivity index (χ4n) is 4.85. The standard InChI is InChI=1S/C29H24F3N9O2/c1-3-4-25(42)40-12-11-39(14-21(40)28(31)32)23-8-6-20-27(38-23)29(35-15-33-20)37-19-5-7-22(17(2)26(19)30)43-18-9-10-41-24(13-18)34-16-36-41/h5-10,13,15-16,21,28H,11-12,14H2,1-2H3,(H,33,35,37)/t21-/m1/s1. The number of rotatable bonds is 6. The van der Waals surface area contributed by atoms with Crippen LogP contribution < -0.4 is 15.0 Å². The third kappa shape index (κ3) is 5.44. The zero-order valence-electron chi connectivity index (χ0n) is 23.0. The summed E-state index contributed by atoms with van der Waals surface area (Å²) in [6, 6.07) is 8.54. The first-order valence-corrected chi connectivity index (χ1v) is 13.2. The minimum atomic E-state index is -2.77. The number of carbonyl (C=O) groups is 1. The molecule has 0 aliphatic carbocycles. The van der Waals surface area contributed by atoms with Gasteiger partial charge in [-0.05, 0) is 50.1 Å². The molecule has 5 heterocycles. The normalized spacial score (nSPS) is 15.1. The SMILES string of the molecule is CC#CC(=O)N1CCN(c2ccc3ncnc(Nc4ccc(Oc5ccn6ncnc6c5)c(C)c4F)c3n2)C[C@@H]1C(F)F. The average molecular weight is 588 g/mol. The van der Waals surface area contributed by atoms with Crippen LogP contribution >= 0.6 is 0 Å². The van der Waals surface area contributed by atoms with E-state index in [1.165, 1.54) is 25.6 Å². The average Bonchev–Trinajstić information content (AvgIpc) is 3.48. The van der Waals surface area contributed by atoms with E-state index in [1.54, 1.807) is 52.9 Å². The number of carbonyl (C=O) groups excluding carboxylic acids is 1. The molecule has 0 bridgehead atoms. The fraction of sp³-hybridized carbons (Fsp3) is 0.241. The zero-order valence-corrected chi connectivity index (χ0v) is 23.0. The highest BCUT2D eigenvalue weighted by Crippen LogP contribution is 2.33. The Balaban J connectivity index is 1.25. The van der Waals surface area contributed by atoms with Crippen LogP contribution in [0.1, 0.15) is 12.5 Å². The van der Waals surface area contributed by atoms with Gasteiger partial charge >= 0.3 is 0 Å². The van der Waals surface area contributed by atoms with E-state index in [1.807, 2.05) is 0 Å². The molecule has 1 amide bonds. The van der Waals surface area contributed by atoms with Crippen molar-refractivity contribution in [3.63, 3.8) is 0 Å². The number of alkyl halides is 2. The molecule has 4 aromatic heterocycles. The molecule has 1 saturated heterocycles. The second-order valence-corrected chi connectivity index (χ2v) is 9.68. The number of hydrogen-bond donors (Lipinski definition) is 1. The third-order valence-corrected chi connectivity index (χ3v) is 7.06. The molecule has 43 heavy (non-hydrogen) atoms. The van der Waals surface area contributed by atoms with Crippen LogP contribution in [0.4, 0.5) is 30.5 Å². The lowest BCUT2D eigenvalue weighted by Crippen LogP contribution is -2.58. The summed E-state index contributed by atoms with van der Waals surface area (Å²) in [5.74, 6) is 5.03. The van der Waals surface area contributed by atoms with Crippen molar-refractivity contribution in [1.82, 2.24) is 34.4 Å². The van der Waals surface area contributed by atoms with E-state index in [0.29, 0.717) is 34.0 Å². The molecule has 5 aromatic rings. The first-order valence-electron chi connectivity index (χ1n) is 13.2. The van der Waals surface area contributed by atoms with Gasteiger partial charge in [-0.3, -0.25) is 4.79 Å². The van der Waals surface area contributed by atoms with Gasteiger partial charge in [0.1, 0.15) is 41.5 Å². The smallest absolute Gasteiger partial charge is 0.299 e. The highest BCUT2D eigenvalue weighted by molar-refractivity contribution is 5.94. The lowest BCUT2D eigenvalue weighted by Gasteiger charge is -2.40. The zero-order chi connectivity index (χ0) is 30.1. The Labute approximate surface area is 243 Å². The maximum atomic E-state index is 15.5. The first kappa shape index (κ1) is 27.7. The predicted octanol–water partition coefficient (Wildman–Crippen LogP) is 4.36. The molecule has 1 aromatic carbocycles. The molecule has 0 spiro atoms. The molecule has 0 unspecified atom stereocenters. The van der Waals surface area contributed by atoms with Gasteiger partial charge in [0.25, 0.3) is 12.3 Å². The van der Waals surface area contributed by atoms with Crippen LogP contribution in [0.15, 0.2) is 55.2 Å². The summed E-state index contributed by atoms with van der Waals surface area (Å²) in [5, 5.41) is 7.03.